The molecule has 346 valence electrons. The molecule has 3 aromatic heterocycles. The van der Waals surface area contributed by atoms with E-state index in [4.69, 9.17) is 19.4 Å². The molecule has 0 aliphatic carbocycles. The van der Waals surface area contributed by atoms with Crippen molar-refractivity contribution >= 4 is 32.9 Å². The molecule has 10 aromatic rings. The molecule has 7 aromatic carbocycles. The van der Waals surface area contributed by atoms with Crippen LogP contribution in [0.25, 0.3) is 94.8 Å². The summed E-state index contributed by atoms with van der Waals surface area (Å²) in [6.45, 7) is 26.7. The Labute approximate surface area is 406 Å². The number of fused-ring (bicyclic) bond motifs is 3. The summed E-state index contributed by atoms with van der Waals surface area (Å²) in [5, 5.41) is 14.6. The fraction of sp³-hybridized carbons (Fsp3) is 0.254. The van der Waals surface area contributed by atoms with E-state index in [0.29, 0.717) is 11.4 Å². The van der Waals surface area contributed by atoms with E-state index < -0.39 is 0 Å². The van der Waals surface area contributed by atoms with Gasteiger partial charge in [0.1, 0.15) is 29.2 Å². The molecule has 6 heteroatoms. The maximum absolute atomic E-state index is 12.6. The molecule has 10 rings (SSSR count). The summed E-state index contributed by atoms with van der Waals surface area (Å²) in [6, 6.07) is 51.5. The third-order valence-corrected chi connectivity index (χ3v) is 13.6. The van der Waals surface area contributed by atoms with Gasteiger partial charge in [0.2, 0.25) is 0 Å². The van der Waals surface area contributed by atoms with Crippen molar-refractivity contribution < 1.29 is 9.52 Å². The minimum Gasteiger partial charge on any atom is -0.507 e. The van der Waals surface area contributed by atoms with Crippen molar-refractivity contribution in [2.75, 3.05) is 0 Å². The monoisotopic (exact) mass is 906 g/mol. The average Bonchev–Trinajstić information content (AvgIpc) is 3.92. The predicted molar refractivity (Wildman–Crippen MR) is 288 cm³/mol. The number of furan rings is 1. The Morgan fingerprint density at radius 1 is 0.478 bits per heavy atom. The molecule has 0 aliphatic heterocycles. The molecular weight excluding hydrogens is 845 g/mol. The van der Waals surface area contributed by atoms with Gasteiger partial charge in [0.15, 0.2) is 0 Å². The number of hydrogen-bond acceptors (Lipinski definition) is 5. The quantitative estimate of drug-likeness (QED) is 0.180. The highest BCUT2D eigenvalue weighted by atomic mass is 16.3. The summed E-state index contributed by atoms with van der Waals surface area (Å²) in [4.78, 5) is 15.6. The SMILES string of the molecule is CC(C)(C)c1cc(-c2ncnc3c(-c4cc5ccccc5o4)cccc23)cc(-c2cccc3c2nc(-c2cc(C(C)(C)C)cc(C(C)(C)C)c2O)n3-c2ccc(C(C)(C)C)cc2-c2ccccc2)c1. The number of benzene rings is 7. The summed E-state index contributed by atoms with van der Waals surface area (Å²) in [7, 11) is 0. The Balaban J connectivity index is 1.26. The van der Waals surface area contributed by atoms with E-state index in [1.165, 1.54) is 11.1 Å². The van der Waals surface area contributed by atoms with Crippen molar-refractivity contribution in [2.45, 2.75) is 105 Å². The summed E-state index contributed by atoms with van der Waals surface area (Å²) in [5.74, 6) is 1.70. The van der Waals surface area contributed by atoms with Crippen molar-refractivity contribution in [1.29, 1.82) is 0 Å². The third-order valence-electron chi connectivity index (χ3n) is 13.6. The van der Waals surface area contributed by atoms with Crippen molar-refractivity contribution in [1.82, 2.24) is 19.5 Å². The zero-order valence-electron chi connectivity index (χ0n) is 42.1. The molecule has 69 heavy (non-hydrogen) atoms. The molecule has 3 heterocycles. The van der Waals surface area contributed by atoms with Gasteiger partial charge in [0.05, 0.1) is 33.5 Å². The van der Waals surface area contributed by atoms with E-state index in [2.05, 4.69) is 215 Å². The molecule has 0 saturated carbocycles. The maximum Gasteiger partial charge on any atom is 0.149 e. The molecule has 6 nitrogen and oxygen atoms in total. The second-order valence-electron chi connectivity index (χ2n) is 22.8. The van der Waals surface area contributed by atoms with Gasteiger partial charge in [-0.2, -0.15) is 0 Å². The third kappa shape index (κ3) is 8.30. The minimum atomic E-state index is -0.340. The zero-order valence-corrected chi connectivity index (χ0v) is 42.1. The second kappa shape index (κ2) is 16.4. The predicted octanol–water partition coefficient (Wildman–Crippen LogP) is 16.9. The molecule has 0 bridgehead atoms. The average molecular weight is 907 g/mol. The van der Waals surface area contributed by atoms with Gasteiger partial charge in [-0.25, -0.2) is 15.0 Å². The maximum atomic E-state index is 12.6. The largest absolute Gasteiger partial charge is 0.507 e. The van der Waals surface area contributed by atoms with E-state index in [0.717, 1.165) is 94.6 Å². The molecule has 0 unspecified atom stereocenters. The Morgan fingerprint density at radius 3 is 1.84 bits per heavy atom. The van der Waals surface area contributed by atoms with Gasteiger partial charge in [-0.3, -0.25) is 4.57 Å². The number of phenolic OH excluding ortho intramolecular Hbond substituents is 1. The van der Waals surface area contributed by atoms with Crippen molar-refractivity contribution in [3.05, 3.63) is 174 Å². The topological polar surface area (TPSA) is 77.0 Å². The van der Waals surface area contributed by atoms with Gasteiger partial charge in [-0.1, -0.05) is 174 Å². The fourth-order valence-electron chi connectivity index (χ4n) is 9.60. The molecule has 0 atom stereocenters. The number of aromatic nitrogens is 4. The first-order chi connectivity index (χ1) is 32.6. The smallest absolute Gasteiger partial charge is 0.149 e. The van der Waals surface area contributed by atoms with Crippen LogP contribution in [0, 0.1) is 0 Å². The fourth-order valence-corrected chi connectivity index (χ4v) is 9.60. The van der Waals surface area contributed by atoms with Crippen LogP contribution in [-0.2, 0) is 21.7 Å². The van der Waals surface area contributed by atoms with Gasteiger partial charge in [0.25, 0.3) is 0 Å². The Morgan fingerprint density at radius 2 is 1.13 bits per heavy atom. The highest BCUT2D eigenvalue weighted by Gasteiger charge is 2.30. The number of nitrogens with zero attached hydrogens (tertiary/aromatic N) is 4. The van der Waals surface area contributed by atoms with E-state index in [9.17, 15) is 5.11 Å². The Kier molecular flexibility index (Phi) is 10.8. The number of para-hydroxylation sites is 3. The molecule has 1 N–H and O–H groups in total. The van der Waals surface area contributed by atoms with Gasteiger partial charge >= 0.3 is 0 Å². The Bertz CT molecular complexity index is 3570. The van der Waals surface area contributed by atoms with Gasteiger partial charge in [0, 0.05) is 38.6 Å². The van der Waals surface area contributed by atoms with Gasteiger partial charge in [-0.05, 0) is 104 Å². The summed E-state index contributed by atoms with van der Waals surface area (Å²) < 4.78 is 8.67. The summed E-state index contributed by atoms with van der Waals surface area (Å²) in [5.41, 5.74) is 15.7. The first kappa shape index (κ1) is 45.5. The van der Waals surface area contributed by atoms with Crippen LogP contribution in [0.4, 0.5) is 0 Å². The van der Waals surface area contributed by atoms with Crippen molar-refractivity contribution in [3.8, 4) is 67.7 Å². The lowest BCUT2D eigenvalue weighted by Crippen LogP contribution is -2.17. The molecule has 0 fully saturated rings. The molecule has 0 saturated heterocycles. The Hall–Kier alpha value is -7.31. The van der Waals surface area contributed by atoms with Crippen LogP contribution in [0.3, 0.4) is 0 Å². The number of aromatic hydroxyl groups is 1. The van der Waals surface area contributed by atoms with Gasteiger partial charge in [-0.15, -0.1) is 0 Å². The lowest BCUT2D eigenvalue weighted by atomic mass is 9.79. The summed E-state index contributed by atoms with van der Waals surface area (Å²) in [6.07, 6.45) is 1.67. The number of hydrogen-bond donors (Lipinski definition) is 1. The van der Waals surface area contributed by atoms with Crippen LogP contribution in [0.2, 0.25) is 0 Å². The molecule has 0 spiro atoms. The molecular formula is C63H62N4O2. The first-order valence-corrected chi connectivity index (χ1v) is 24.1. The number of phenols is 1. The van der Waals surface area contributed by atoms with Crippen molar-refractivity contribution in [3.63, 3.8) is 0 Å². The lowest BCUT2D eigenvalue weighted by molar-refractivity contribution is 0.446. The molecule has 0 aliphatic rings. The first-order valence-electron chi connectivity index (χ1n) is 24.1. The normalized spacial score (nSPS) is 12.7. The van der Waals surface area contributed by atoms with Crippen LogP contribution in [-0.4, -0.2) is 24.6 Å². The highest BCUT2D eigenvalue weighted by molar-refractivity contribution is 6.03. The van der Waals surface area contributed by atoms with Crippen LogP contribution in [0.5, 0.6) is 5.75 Å². The lowest BCUT2D eigenvalue weighted by Gasteiger charge is -2.28. The number of imidazole rings is 1. The van der Waals surface area contributed by atoms with E-state index in [1.807, 2.05) is 18.2 Å². The molecule has 0 amide bonds. The van der Waals surface area contributed by atoms with E-state index in [1.54, 1.807) is 6.33 Å². The van der Waals surface area contributed by atoms with Crippen LogP contribution in [0.15, 0.2) is 156 Å². The summed E-state index contributed by atoms with van der Waals surface area (Å²) >= 11 is 0. The van der Waals surface area contributed by atoms with E-state index in [-0.39, 0.29) is 27.4 Å². The standard InChI is InChI=1S/C63H62N4O2/c1-60(2,3)42-28-29-51(48(34-42)38-20-14-13-15-21-38)67-52-26-19-23-45(57(52)66-59(67)49-35-44(62(7,8)9)36-50(58(49)68)63(10,11)12)40-30-41(32-43(31-40)61(4,5)6)55-47-25-18-24-46(56(47)65-37-64-55)54-33-39-22-16-17-27-53(39)69-54/h13-37,68H,1-12H3. The highest BCUT2D eigenvalue weighted by Crippen LogP contribution is 2.47. The molecule has 0 radical (unpaired) electrons. The van der Waals surface area contributed by atoms with Crippen LogP contribution >= 0.6 is 0 Å². The van der Waals surface area contributed by atoms with E-state index >= 15 is 0 Å². The zero-order chi connectivity index (χ0) is 48.8. The number of rotatable bonds is 6. The van der Waals surface area contributed by atoms with Gasteiger partial charge < -0.3 is 9.52 Å². The minimum absolute atomic E-state index is 0.0875. The second-order valence-corrected chi connectivity index (χ2v) is 22.8. The van der Waals surface area contributed by atoms with Crippen molar-refractivity contribution in [2.24, 2.45) is 0 Å². The van der Waals surface area contributed by atoms with Crippen LogP contribution in [0.1, 0.15) is 105 Å². The van der Waals surface area contributed by atoms with Crippen LogP contribution < -0.4 is 0 Å².